The summed E-state index contributed by atoms with van der Waals surface area (Å²) in [4.78, 5) is 22.1. The molecule has 0 saturated carbocycles. The van der Waals surface area contributed by atoms with Crippen LogP contribution in [0.1, 0.15) is 15.9 Å². The van der Waals surface area contributed by atoms with Crippen molar-refractivity contribution in [3.8, 4) is 23.0 Å². The van der Waals surface area contributed by atoms with Gasteiger partial charge in [-0.15, -0.1) is 0 Å². The molecule has 2 aromatic carbocycles. The van der Waals surface area contributed by atoms with Gasteiger partial charge < -0.3 is 18.9 Å². The largest absolute Gasteiger partial charge is 0.465 e. The van der Waals surface area contributed by atoms with Crippen LogP contribution in [0.5, 0.6) is 11.5 Å². The van der Waals surface area contributed by atoms with E-state index >= 15 is 0 Å². The second-order valence-electron chi connectivity index (χ2n) is 10.2. The van der Waals surface area contributed by atoms with Crippen molar-refractivity contribution in [3.05, 3.63) is 71.9 Å². The summed E-state index contributed by atoms with van der Waals surface area (Å²) in [6.45, 7) is 8.58. The predicted molar refractivity (Wildman–Crippen MR) is 151 cm³/mol. The Morgan fingerprint density at radius 1 is 1.00 bits per heavy atom. The highest BCUT2D eigenvalue weighted by Crippen LogP contribution is 2.33. The SMILES string of the molecule is COCCc1ccc(Oc2cc3c(cc2C(=O)OC)nc(-c2ccccn2)n3COCC[Si](C)(C)C)cc1. The molecule has 0 aliphatic rings. The Bertz CT molecular complexity index is 1370. The lowest BCUT2D eigenvalue weighted by molar-refractivity contribution is 0.0598. The molecule has 0 aliphatic carbocycles. The molecule has 0 radical (unpaired) electrons. The van der Waals surface area contributed by atoms with Crippen LogP contribution < -0.4 is 4.74 Å². The van der Waals surface area contributed by atoms with Crippen LogP contribution in [-0.4, -0.2) is 56.0 Å². The maximum absolute atomic E-state index is 12.7. The van der Waals surface area contributed by atoms with Gasteiger partial charge in [0.1, 0.15) is 29.5 Å². The Kier molecular flexibility index (Phi) is 8.93. The molecule has 0 bridgehead atoms. The number of rotatable bonds is 12. The number of ether oxygens (including phenoxy) is 4. The van der Waals surface area contributed by atoms with Crippen LogP contribution >= 0.6 is 0 Å². The third-order valence-corrected chi connectivity index (χ3v) is 7.82. The van der Waals surface area contributed by atoms with Crippen molar-refractivity contribution in [2.45, 2.75) is 38.8 Å². The zero-order valence-corrected chi connectivity index (χ0v) is 23.7. The monoisotopic (exact) mass is 533 g/mol. The van der Waals surface area contributed by atoms with Crippen molar-refractivity contribution in [2.75, 3.05) is 27.4 Å². The van der Waals surface area contributed by atoms with Crippen molar-refractivity contribution in [2.24, 2.45) is 0 Å². The Balaban J connectivity index is 1.74. The predicted octanol–water partition coefficient (Wildman–Crippen LogP) is 6.18. The summed E-state index contributed by atoms with van der Waals surface area (Å²) in [6.07, 6.45) is 2.54. The molecule has 0 fully saturated rings. The van der Waals surface area contributed by atoms with Crippen LogP contribution in [0.3, 0.4) is 0 Å². The van der Waals surface area contributed by atoms with Crippen LogP contribution in [-0.2, 0) is 27.4 Å². The maximum atomic E-state index is 12.7. The lowest BCUT2D eigenvalue weighted by Crippen LogP contribution is -2.22. The number of nitrogens with zero attached hydrogens (tertiary/aromatic N) is 3. The first-order valence-corrected chi connectivity index (χ1v) is 16.4. The molecule has 2 heterocycles. The van der Waals surface area contributed by atoms with Crippen molar-refractivity contribution in [3.63, 3.8) is 0 Å². The van der Waals surface area contributed by atoms with E-state index in [-0.39, 0.29) is 0 Å². The Morgan fingerprint density at radius 2 is 1.79 bits per heavy atom. The number of aromatic nitrogens is 3. The van der Waals surface area contributed by atoms with Gasteiger partial charge in [-0.3, -0.25) is 9.55 Å². The molecule has 4 rings (SSSR count). The van der Waals surface area contributed by atoms with Crippen molar-refractivity contribution < 1.29 is 23.7 Å². The standard InChI is InChI=1S/C29H35N3O5Si/c1-34-15-13-21-9-11-22(12-10-21)37-27-19-26-25(18-23(27)29(33)35-2)31-28(24-8-6-7-14-30-24)32(26)20-36-16-17-38(3,4)5/h6-12,14,18-19H,13,15-17,20H2,1-5H3. The van der Waals surface area contributed by atoms with E-state index < -0.39 is 14.0 Å². The van der Waals surface area contributed by atoms with Gasteiger partial charge in [0.05, 0.1) is 24.8 Å². The van der Waals surface area contributed by atoms with Crippen LogP contribution in [0, 0.1) is 0 Å². The van der Waals surface area contributed by atoms with E-state index in [1.807, 2.05) is 53.1 Å². The zero-order valence-electron chi connectivity index (χ0n) is 22.7. The normalized spacial score (nSPS) is 11.6. The Labute approximate surface area is 224 Å². The highest BCUT2D eigenvalue weighted by atomic mass is 28.3. The Morgan fingerprint density at radius 3 is 2.45 bits per heavy atom. The van der Waals surface area contributed by atoms with Gasteiger partial charge in [0, 0.05) is 34.1 Å². The fourth-order valence-electron chi connectivity index (χ4n) is 3.93. The van der Waals surface area contributed by atoms with E-state index in [1.54, 1.807) is 19.4 Å². The van der Waals surface area contributed by atoms with Crippen LogP contribution in [0.2, 0.25) is 25.7 Å². The van der Waals surface area contributed by atoms with Gasteiger partial charge in [0.25, 0.3) is 0 Å². The number of hydrogen-bond acceptors (Lipinski definition) is 7. The molecule has 2 aromatic heterocycles. The maximum Gasteiger partial charge on any atom is 0.341 e. The van der Waals surface area contributed by atoms with Gasteiger partial charge in [0.15, 0.2) is 5.82 Å². The van der Waals surface area contributed by atoms with Gasteiger partial charge in [-0.2, -0.15) is 0 Å². The van der Waals surface area contributed by atoms with Crippen LogP contribution in [0.25, 0.3) is 22.6 Å². The molecule has 0 saturated heterocycles. The van der Waals surface area contributed by atoms with Crippen LogP contribution in [0.4, 0.5) is 0 Å². The number of pyridine rings is 1. The fraction of sp³-hybridized carbons (Fsp3) is 0.345. The van der Waals surface area contributed by atoms with Crippen molar-refractivity contribution >= 4 is 25.1 Å². The first-order valence-electron chi connectivity index (χ1n) is 12.7. The number of benzene rings is 2. The zero-order chi connectivity index (χ0) is 27.1. The van der Waals surface area contributed by atoms with Gasteiger partial charge in [-0.1, -0.05) is 37.8 Å². The number of carbonyl (C=O) groups excluding carboxylic acids is 1. The summed E-state index contributed by atoms with van der Waals surface area (Å²) < 4.78 is 24.5. The smallest absolute Gasteiger partial charge is 0.341 e. The van der Waals surface area contributed by atoms with Crippen molar-refractivity contribution in [1.82, 2.24) is 14.5 Å². The first kappa shape index (κ1) is 27.5. The van der Waals surface area contributed by atoms with Gasteiger partial charge in [0.2, 0.25) is 0 Å². The lowest BCUT2D eigenvalue weighted by Gasteiger charge is -2.16. The minimum atomic E-state index is -1.24. The molecule has 4 aromatic rings. The molecule has 8 nitrogen and oxygen atoms in total. The highest BCUT2D eigenvalue weighted by Gasteiger charge is 2.21. The molecule has 200 valence electrons. The van der Waals surface area contributed by atoms with E-state index in [4.69, 9.17) is 23.9 Å². The molecule has 0 unspecified atom stereocenters. The molecule has 0 atom stereocenters. The second kappa shape index (κ2) is 12.3. The molecule has 0 spiro atoms. The minimum Gasteiger partial charge on any atom is -0.465 e. The molecule has 0 N–H and O–H groups in total. The van der Waals surface area contributed by atoms with E-state index in [0.717, 1.165) is 23.5 Å². The quantitative estimate of drug-likeness (QED) is 0.122. The summed E-state index contributed by atoms with van der Waals surface area (Å²) in [7, 11) is 1.80. The number of esters is 1. The first-order chi connectivity index (χ1) is 18.3. The summed E-state index contributed by atoms with van der Waals surface area (Å²) in [5, 5.41) is 0. The molecule has 0 amide bonds. The summed E-state index contributed by atoms with van der Waals surface area (Å²) >= 11 is 0. The third-order valence-electron chi connectivity index (χ3n) is 6.11. The molecule has 38 heavy (non-hydrogen) atoms. The minimum absolute atomic E-state index is 0.292. The van der Waals surface area contributed by atoms with E-state index in [1.165, 1.54) is 7.11 Å². The van der Waals surface area contributed by atoms with E-state index in [9.17, 15) is 4.79 Å². The number of carbonyl (C=O) groups is 1. The van der Waals surface area contributed by atoms with Gasteiger partial charge in [-0.05, 0) is 48.4 Å². The van der Waals surface area contributed by atoms with E-state index in [2.05, 4.69) is 24.6 Å². The topological polar surface area (TPSA) is 84.7 Å². The fourth-order valence-corrected chi connectivity index (χ4v) is 4.69. The second-order valence-corrected chi connectivity index (χ2v) is 15.9. The van der Waals surface area contributed by atoms with Gasteiger partial charge in [-0.25, -0.2) is 9.78 Å². The molecular formula is C29H35N3O5Si. The van der Waals surface area contributed by atoms with Gasteiger partial charge >= 0.3 is 5.97 Å². The molecule has 9 heteroatoms. The Hall–Kier alpha value is -3.53. The number of fused-ring (bicyclic) bond motifs is 1. The van der Waals surface area contributed by atoms with Crippen molar-refractivity contribution in [1.29, 1.82) is 0 Å². The highest BCUT2D eigenvalue weighted by molar-refractivity contribution is 6.76. The average Bonchev–Trinajstić information content (AvgIpc) is 3.27. The van der Waals surface area contributed by atoms with E-state index in [0.29, 0.717) is 54.0 Å². The molecular weight excluding hydrogens is 498 g/mol. The lowest BCUT2D eigenvalue weighted by atomic mass is 10.1. The average molecular weight is 534 g/mol. The third kappa shape index (κ3) is 6.86. The summed E-state index contributed by atoms with van der Waals surface area (Å²) in [5.41, 5.74) is 3.54. The summed E-state index contributed by atoms with van der Waals surface area (Å²) in [5.74, 6) is 1.14. The van der Waals surface area contributed by atoms with Crippen LogP contribution in [0.15, 0.2) is 60.8 Å². The number of hydrogen-bond donors (Lipinski definition) is 0. The number of methoxy groups -OCH3 is 2. The summed E-state index contributed by atoms with van der Waals surface area (Å²) in [6, 6.07) is 18.0. The number of imidazole rings is 1. The molecule has 0 aliphatic heterocycles.